The largest absolute Gasteiger partial charge is 0.490 e. The molecule has 0 unspecified atom stereocenters. The molecule has 4 N–H and O–H groups in total. The van der Waals surface area contributed by atoms with Crippen molar-refractivity contribution in [2.45, 2.75) is 68.9 Å². The maximum absolute atomic E-state index is 12.5. The second kappa shape index (κ2) is 12.1. The van der Waals surface area contributed by atoms with Crippen LogP contribution in [-0.4, -0.2) is 114 Å². The second-order valence-corrected chi connectivity index (χ2v) is 10.2. The van der Waals surface area contributed by atoms with Crippen molar-refractivity contribution < 1.29 is 54.8 Å². The molecule has 0 aliphatic carbocycles. The Bertz CT molecular complexity index is 948. The van der Waals surface area contributed by atoms with Gasteiger partial charge in [-0.1, -0.05) is 6.42 Å². The Kier molecular flexibility index (Phi) is 9.57. The second-order valence-electron chi connectivity index (χ2n) is 9.18. The molecule has 4 atom stereocenters. The van der Waals surface area contributed by atoms with Crippen molar-refractivity contribution in [2.24, 2.45) is 0 Å². The predicted octanol–water partition coefficient (Wildman–Crippen LogP) is -0.113. The lowest BCUT2D eigenvalue weighted by atomic mass is 10.0. The van der Waals surface area contributed by atoms with Gasteiger partial charge in [0.2, 0.25) is 0 Å². The van der Waals surface area contributed by atoms with Crippen LogP contribution in [0, 0.1) is 0 Å². The first-order valence-corrected chi connectivity index (χ1v) is 13.1. The van der Waals surface area contributed by atoms with Crippen LogP contribution >= 0.6 is 0 Å². The number of amides is 3. The molecule has 37 heavy (non-hydrogen) atoms. The van der Waals surface area contributed by atoms with E-state index in [9.17, 15) is 31.2 Å². The van der Waals surface area contributed by atoms with Crippen LogP contribution in [0.3, 0.4) is 0 Å². The Hall–Kier alpha value is -2.25. The highest BCUT2D eigenvalue weighted by Crippen LogP contribution is 2.30. The van der Waals surface area contributed by atoms with Crippen molar-refractivity contribution in [3.05, 3.63) is 0 Å². The molecule has 4 fully saturated rings. The SMILES string of the molecule is O=C(NOC[C@@H]1C[C@@H](N2CCCCC2)CN1)[C@@H]1CC[C@@H]2CN1C(=O)N2OS(=O)(=O)O.O=C(O)C(F)(F)F. The summed E-state index contributed by atoms with van der Waals surface area (Å²) in [5.41, 5.74) is 2.43. The average molecular weight is 562 g/mol. The van der Waals surface area contributed by atoms with Crippen LogP contribution in [0.25, 0.3) is 0 Å². The number of likely N-dealkylation sites (tertiary alicyclic amines) is 1. The van der Waals surface area contributed by atoms with Crippen molar-refractivity contribution in [2.75, 3.05) is 32.8 Å². The number of fused-ring (bicyclic) bond motifs is 2. The molecule has 4 rings (SSSR count). The van der Waals surface area contributed by atoms with Crippen LogP contribution < -0.4 is 10.8 Å². The zero-order valence-electron chi connectivity index (χ0n) is 19.7. The molecule has 2 bridgehead atoms. The monoisotopic (exact) mass is 561 g/mol. The maximum Gasteiger partial charge on any atom is 0.490 e. The third-order valence-electron chi connectivity index (χ3n) is 6.61. The van der Waals surface area contributed by atoms with Gasteiger partial charge in [0, 0.05) is 25.2 Å². The minimum absolute atomic E-state index is 0.147. The molecule has 4 aliphatic rings. The zero-order valence-corrected chi connectivity index (χ0v) is 20.5. The first-order valence-electron chi connectivity index (χ1n) is 11.7. The maximum atomic E-state index is 12.5. The van der Waals surface area contributed by atoms with Crippen molar-refractivity contribution in [3.63, 3.8) is 0 Å². The van der Waals surface area contributed by atoms with E-state index in [2.05, 4.69) is 20.0 Å². The number of nitrogens with one attached hydrogen (secondary N) is 2. The number of carbonyl (C=O) groups excluding carboxylic acids is 2. The Balaban J connectivity index is 0.000000479. The molecule has 4 saturated heterocycles. The molecular weight excluding hydrogens is 531 g/mol. The Morgan fingerprint density at radius 2 is 1.78 bits per heavy atom. The van der Waals surface area contributed by atoms with E-state index in [0.717, 1.165) is 26.1 Å². The van der Waals surface area contributed by atoms with Crippen LogP contribution in [0.2, 0.25) is 0 Å². The number of hydroxylamine groups is 3. The lowest BCUT2D eigenvalue weighted by Crippen LogP contribution is -2.50. The molecule has 0 radical (unpaired) electrons. The van der Waals surface area contributed by atoms with Gasteiger partial charge in [-0.2, -0.15) is 26.7 Å². The molecule has 0 aromatic carbocycles. The topological polar surface area (TPSA) is 178 Å². The van der Waals surface area contributed by atoms with Crippen LogP contribution in [-0.2, 0) is 29.1 Å². The summed E-state index contributed by atoms with van der Waals surface area (Å²) in [7, 11) is -4.81. The van der Waals surface area contributed by atoms with Crippen molar-refractivity contribution in [1.82, 2.24) is 25.7 Å². The van der Waals surface area contributed by atoms with E-state index >= 15 is 0 Å². The van der Waals surface area contributed by atoms with Gasteiger partial charge in [0.1, 0.15) is 6.04 Å². The summed E-state index contributed by atoms with van der Waals surface area (Å²) in [6, 6.07) is -1.42. The number of nitrogens with zero attached hydrogens (tertiary/aromatic N) is 3. The van der Waals surface area contributed by atoms with Gasteiger partial charge in [0.05, 0.1) is 12.6 Å². The predicted molar refractivity (Wildman–Crippen MR) is 117 cm³/mol. The molecule has 4 aliphatic heterocycles. The number of rotatable bonds is 7. The van der Waals surface area contributed by atoms with Gasteiger partial charge in [0.25, 0.3) is 5.91 Å². The fraction of sp³-hybridized carbons (Fsp3) is 0.842. The van der Waals surface area contributed by atoms with E-state index < -0.39 is 46.6 Å². The number of aliphatic carboxylic acids is 1. The summed E-state index contributed by atoms with van der Waals surface area (Å²) < 4.78 is 66.8. The van der Waals surface area contributed by atoms with Crippen LogP contribution in [0.4, 0.5) is 18.0 Å². The molecule has 3 amide bonds. The van der Waals surface area contributed by atoms with Crippen LogP contribution in [0.15, 0.2) is 0 Å². The number of piperidine rings is 2. The number of carboxylic acids is 1. The molecule has 18 heteroatoms. The molecule has 212 valence electrons. The Morgan fingerprint density at radius 1 is 1.14 bits per heavy atom. The molecule has 0 saturated carbocycles. The number of hydrogen-bond donors (Lipinski definition) is 4. The van der Waals surface area contributed by atoms with Gasteiger partial charge < -0.3 is 15.3 Å². The van der Waals surface area contributed by atoms with E-state index in [-0.39, 0.29) is 12.6 Å². The summed E-state index contributed by atoms with van der Waals surface area (Å²) in [5.74, 6) is -3.21. The van der Waals surface area contributed by atoms with E-state index in [0.29, 0.717) is 30.6 Å². The van der Waals surface area contributed by atoms with Crippen molar-refractivity contribution >= 4 is 28.3 Å². The molecule has 14 nitrogen and oxygen atoms in total. The van der Waals surface area contributed by atoms with E-state index in [1.54, 1.807) is 0 Å². The number of halogens is 3. The fourth-order valence-corrected chi connectivity index (χ4v) is 5.26. The van der Waals surface area contributed by atoms with Gasteiger partial charge in [-0.25, -0.2) is 15.1 Å². The molecular formula is C19H30F3N5O9S. The van der Waals surface area contributed by atoms with E-state index in [1.807, 2.05) is 0 Å². The van der Waals surface area contributed by atoms with Crippen molar-refractivity contribution in [3.8, 4) is 0 Å². The molecule has 0 aromatic rings. The number of urea groups is 1. The summed E-state index contributed by atoms with van der Waals surface area (Å²) in [6.45, 7) is 3.67. The van der Waals surface area contributed by atoms with Gasteiger partial charge in [-0.3, -0.25) is 19.1 Å². The number of carboxylic acid groups (broad SMARTS) is 1. The van der Waals surface area contributed by atoms with E-state index in [1.165, 1.54) is 24.2 Å². The van der Waals surface area contributed by atoms with Gasteiger partial charge in [-0.05, 0) is 45.2 Å². The summed E-state index contributed by atoms with van der Waals surface area (Å²) in [4.78, 5) is 43.0. The Labute approximate surface area is 210 Å². The van der Waals surface area contributed by atoms with Crippen molar-refractivity contribution in [1.29, 1.82) is 0 Å². The van der Waals surface area contributed by atoms with Crippen LogP contribution in [0.1, 0.15) is 38.5 Å². The number of hydrogen-bond acceptors (Lipinski definition) is 9. The standard InChI is InChI=1S/C17H29N5O7S.C2HF3O2/c23-16(15-5-4-13-10-21(15)17(24)22(13)29-30(25,26)27)19-28-11-12-8-14(9-18-12)20-6-2-1-3-7-20;3-2(4,5)1(6)7/h12-15,18H,1-11H2,(H,19,23)(H,25,26,27);(H,6,7)/t12-,13+,14+,15-;/m0./s1. The first-order chi connectivity index (χ1) is 17.3. The average Bonchev–Trinajstić information content (AvgIpc) is 3.38. The summed E-state index contributed by atoms with van der Waals surface area (Å²) in [6.07, 6.45) is 0.396. The quantitative estimate of drug-likeness (QED) is 0.241. The molecule has 0 spiro atoms. The highest BCUT2D eigenvalue weighted by Gasteiger charge is 2.49. The van der Waals surface area contributed by atoms with Crippen LogP contribution in [0.5, 0.6) is 0 Å². The summed E-state index contributed by atoms with van der Waals surface area (Å²) >= 11 is 0. The minimum Gasteiger partial charge on any atom is -0.475 e. The smallest absolute Gasteiger partial charge is 0.475 e. The summed E-state index contributed by atoms with van der Waals surface area (Å²) in [5, 5.41) is 11.2. The fourth-order valence-electron chi connectivity index (χ4n) is 4.87. The highest BCUT2D eigenvalue weighted by atomic mass is 32.3. The number of alkyl halides is 3. The third kappa shape index (κ3) is 8.11. The minimum atomic E-state index is -5.08. The Morgan fingerprint density at radius 3 is 2.38 bits per heavy atom. The third-order valence-corrected chi connectivity index (χ3v) is 6.95. The zero-order chi connectivity index (χ0) is 27.4. The molecule has 0 aromatic heterocycles. The lowest BCUT2D eigenvalue weighted by molar-refractivity contribution is -0.192. The normalized spacial score (nSPS) is 28.6. The number of carbonyl (C=O) groups is 3. The van der Waals surface area contributed by atoms with Gasteiger partial charge in [0.15, 0.2) is 0 Å². The van der Waals surface area contributed by atoms with Gasteiger partial charge in [-0.15, -0.1) is 4.28 Å². The van der Waals surface area contributed by atoms with E-state index in [4.69, 9.17) is 19.3 Å². The lowest BCUT2D eigenvalue weighted by Gasteiger charge is -2.31. The van der Waals surface area contributed by atoms with Gasteiger partial charge >= 0.3 is 28.6 Å². The molecule has 4 heterocycles. The highest BCUT2D eigenvalue weighted by molar-refractivity contribution is 7.80. The first kappa shape index (κ1) is 29.3.